The van der Waals surface area contributed by atoms with Crippen LogP contribution in [0.4, 0.5) is 0 Å². The Bertz CT molecular complexity index is 409. The van der Waals surface area contributed by atoms with Crippen LogP contribution in [0.3, 0.4) is 0 Å². The second-order valence-corrected chi connectivity index (χ2v) is 7.01. The first-order valence-corrected chi connectivity index (χ1v) is 8.26. The number of aliphatic hydroxyl groups excluding tert-OH is 1. The lowest BCUT2D eigenvalue weighted by Gasteiger charge is -2.39. The van der Waals surface area contributed by atoms with Crippen molar-refractivity contribution in [3.63, 3.8) is 0 Å². The first-order valence-electron chi connectivity index (χ1n) is 6.84. The molecule has 1 aromatic carbocycles. The molecule has 2 unspecified atom stereocenters. The normalized spacial score (nSPS) is 27.4. The van der Waals surface area contributed by atoms with Gasteiger partial charge in [0.05, 0.1) is 6.61 Å². The predicted octanol–water partition coefficient (Wildman–Crippen LogP) is 3.47. The molecule has 2 atom stereocenters. The number of likely N-dealkylation sites (N-methyl/N-ethyl adjacent to an activating group) is 1. The molecule has 1 aromatic rings. The zero-order valence-electron chi connectivity index (χ0n) is 11.4. The third-order valence-electron chi connectivity index (χ3n) is 4.07. The van der Waals surface area contributed by atoms with Gasteiger partial charge < -0.3 is 10.4 Å². The standard InChI is InChI=1S/C15H22ClNOS/c1-17-15(11-18)8-4-6-13(9-15)19-10-12-5-2-3-7-14(12)16/h2-3,5,7,13,17-18H,4,6,8-11H2,1H3. The molecule has 2 nitrogen and oxygen atoms in total. The van der Waals surface area contributed by atoms with Crippen LogP contribution in [-0.2, 0) is 5.75 Å². The summed E-state index contributed by atoms with van der Waals surface area (Å²) in [4.78, 5) is 0. The quantitative estimate of drug-likeness (QED) is 0.873. The number of halogens is 1. The highest BCUT2D eigenvalue weighted by Crippen LogP contribution is 2.36. The molecular formula is C15H22ClNOS. The number of thioether (sulfide) groups is 1. The molecule has 0 saturated heterocycles. The highest BCUT2D eigenvalue weighted by molar-refractivity contribution is 7.99. The fraction of sp³-hybridized carbons (Fsp3) is 0.600. The Morgan fingerprint density at radius 1 is 1.47 bits per heavy atom. The van der Waals surface area contributed by atoms with E-state index in [4.69, 9.17) is 11.6 Å². The predicted molar refractivity (Wildman–Crippen MR) is 83.9 cm³/mol. The van der Waals surface area contributed by atoms with Gasteiger partial charge in [-0.15, -0.1) is 0 Å². The Balaban J connectivity index is 1.91. The second kappa shape index (κ2) is 6.98. The molecule has 106 valence electrons. The van der Waals surface area contributed by atoms with E-state index in [0.29, 0.717) is 5.25 Å². The van der Waals surface area contributed by atoms with Crippen molar-refractivity contribution in [2.24, 2.45) is 0 Å². The maximum atomic E-state index is 9.60. The molecule has 1 aliphatic rings. The minimum atomic E-state index is -0.0730. The van der Waals surface area contributed by atoms with Crippen LogP contribution in [0.1, 0.15) is 31.2 Å². The molecule has 0 aromatic heterocycles. The maximum absolute atomic E-state index is 9.60. The molecule has 4 heteroatoms. The molecule has 0 aliphatic heterocycles. The van der Waals surface area contributed by atoms with Crippen molar-refractivity contribution >= 4 is 23.4 Å². The average molecular weight is 300 g/mol. The molecule has 1 aliphatic carbocycles. The fourth-order valence-electron chi connectivity index (χ4n) is 2.72. The van der Waals surface area contributed by atoms with Crippen LogP contribution in [-0.4, -0.2) is 29.5 Å². The molecule has 19 heavy (non-hydrogen) atoms. The minimum Gasteiger partial charge on any atom is -0.394 e. The van der Waals surface area contributed by atoms with Crippen molar-refractivity contribution in [2.75, 3.05) is 13.7 Å². The zero-order chi connectivity index (χ0) is 13.7. The molecule has 0 heterocycles. The van der Waals surface area contributed by atoms with E-state index in [9.17, 15) is 5.11 Å². The van der Waals surface area contributed by atoms with Gasteiger partial charge in [0.2, 0.25) is 0 Å². The summed E-state index contributed by atoms with van der Waals surface area (Å²) in [6.45, 7) is 0.229. The summed E-state index contributed by atoms with van der Waals surface area (Å²) < 4.78 is 0. The van der Waals surface area contributed by atoms with E-state index in [-0.39, 0.29) is 12.1 Å². The zero-order valence-corrected chi connectivity index (χ0v) is 12.9. The fourth-order valence-corrected chi connectivity index (χ4v) is 4.44. The Labute approximate surface area is 124 Å². The Hall–Kier alpha value is -0.220. The van der Waals surface area contributed by atoms with E-state index in [1.165, 1.54) is 18.4 Å². The summed E-state index contributed by atoms with van der Waals surface area (Å²) in [5, 5.41) is 14.4. The minimum absolute atomic E-state index is 0.0730. The van der Waals surface area contributed by atoms with Gasteiger partial charge in [-0.1, -0.05) is 36.2 Å². The van der Waals surface area contributed by atoms with Crippen LogP contribution in [0.25, 0.3) is 0 Å². The molecule has 2 rings (SSSR count). The third kappa shape index (κ3) is 3.88. The average Bonchev–Trinajstić information content (AvgIpc) is 2.46. The van der Waals surface area contributed by atoms with E-state index in [0.717, 1.165) is 23.6 Å². The van der Waals surface area contributed by atoms with Crippen LogP contribution in [0, 0.1) is 0 Å². The molecule has 1 saturated carbocycles. The second-order valence-electron chi connectivity index (χ2n) is 5.31. The highest BCUT2D eigenvalue weighted by Gasteiger charge is 2.34. The molecular weight excluding hydrogens is 278 g/mol. The summed E-state index contributed by atoms with van der Waals surface area (Å²) in [7, 11) is 1.96. The van der Waals surface area contributed by atoms with Crippen molar-refractivity contribution in [2.45, 2.75) is 42.2 Å². The van der Waals surface area contributed by atoms with Crippen LogP contribution >= 0.6 is 23.4 Å². The summed E-state index contributed by atoms with van der Waals surface area (Å²) in [5.41, 5.74) is 1.13. The monoisotopic (exact) mass is 299 g/mol. The summed E-state index contributed by atoms with van der Waals surface area (Å²) in [6.07, 6.45) is 4.53. The van der Waals surface area contributed by atoms with E-state index in [1.54, 1.807) is 0 Å². The summed E-state index contributed by atoms with van der Waals surface area (Å²) in [5.74, 6) is 0.954. The van der Waals surface area contributed by atoms with Crippen LogP contribution in [0.15, 0.2) is 24.3 Å². The van der Waals surface area contributed by atoms with E-state index in [1.807, 2.05) is 37.0 Å². The number of hydrogen-bond donors (Lipinski definition) is 2. The van der Waals surface area contributed by atoms with Gasteiger partial charge in [0, 0.05) is 21.6 Å². The topological polar surface area (TPSA) is 32.3 Å². The number of aliphatic hydroxyl groups is 1. The SMILES string of the molecule is CNC1(CO)CCCC(SCc2ccccc2Cl)C1. The molecule has 0 radical (unpaired) electrons. The lowest BCUT2D eigenvalue weighted by atomic mass is 9.82. The summed E-state index contributed by atoms with van der Waals surface area (Å²) in [6, 6.07) is 8.04. The Morgan fingerprint density at radius 3 is 2.95 bits per heavy atom. The molecule has 1 fully saturated rings. The maximum Gasteiger partial charge on any atom is 0.0613 e. The van der Waals surface area contributed by atoms with Crippen molar-refractivity contribution in [1.29, 1.82) is 0 Å². The van der Waals surface area contributed by atoms with Gasteiger partial charge in [0.25, 0.3) is 0 Å². The Kier molecular flexibility index (Phi) is 5.58. The molecule has 0 spiro atoms. The van der Waals surface area contributed by atoms with Gasteiger partial charge in [0.15, 0.2) is 0 Å². The van der Waals surface area contributed by atoms with Gasteiger partial charge in [-0.2, -0.15) is 11.8 Å². The molecule has 2 N–H and O–H groups in total. The first-order chi connectivity index (χ1) is 9.19. The van der Waals surface area contributed by atoms with Gasteiger partial charge in [-0.25, -0.2) is 0 Å². The molecule has 0 amide bonds. The van der Waals surface area contributed by atoms with E-state index < -0.39 is 0 Å². The van der Waals surface area contributed by atoms with Crippen LogP contribution in [0.5, 0.6) is 0 Å². The number of nitrogens with one attached hydrogen (secondary N) is 1. The van der Waals surface area contributed by atoms with Gasteiger partial charge in [0.1, 0.15) is 0 Å². The van der Waals surface area contributed by atoms with Gasteiger partial charge in [-0.05, 0) is 37.9 Å². The number of rotatable bonds is 5. The first kappa shape index (κ1) is 15.2. The van der Waals surface area contributed by atoms with E-state index >= 15 is 0 Å². The van der Waals surface area contributed by atoms with Gasteiger partial charge in [-0.3, -0.25) is 0 Å². The van der Waals surface area contributed by atoms with Crippen molar-refractivity contribution in [1.82, 2.24) is 5.32 Å². The van der Waals surface area contributed by atoms with Crippen LogP contribution < -0.4 is 5.32 Å². The smallest absolute Gasteiger partial charge is 0.0613 e. The number of hydrogen-bond acceptors (Lipinski definition) is 3. The van der Waals surface area contributed by atoms with Crippen molar-refractivity contribution in [3.05, 3.63) is 34.9 Å². The number of benzene rings is 1. The lowest BCUT2D eigenvalue weighted by Crippen LogP contribution is -2.50. The summed E-state index contributed by atoms with van der Waals surface area (Å²) >= 11 is 8.15. The van der Waals surface area contributed by atoms with Crippen molar-refractivity contribution < 1.29 is 5.11 Å². The van der Waals surface area contributed by atoms with Crippen LogP contribution in [0.2, 0.25) is 5.02 Å². The Morgan fingerprint density at radius 2 is 2.26 bits per heavy atom. The molecule has 0 bridgehead atoms. The van der Waals surface area contributed by atoms with Gasteiger partial charge >= 0.3 is 0 Å². The largest absolute Gasteiger partial charge is 0.394 e. The lowest BCUT2D eigenvalue weighted by molar-refractivity contribution is 0.131. The van der Waals surface area contributed by atoms with Crippen molar-refractivity contribution in [3.8, 4) is 0 Å². The highest BCUT2D eigenvalue weighted by atomic mass is 35.5. The third-order valence-corrected chi connectivity index (χ3v) is 5.79. The van der Waals surface area contributed by atoms with E-state index in [2.05, 4.69) is 11.4 Å².